The molecule has 0 spiro atoms. The summed E-state index contributed by atoms with van der Waals surface area (Å²) in [6.07, 6.45) is 3.14. The van der Waals surface area contributed by atoms with Gasteiger partial charge in [-0.1, -0.05) is 16.7 Å². The number of cyclic esters (lactones) is 3. The third-order valence-corrected chi connectivity index (χ3v) is 8.62. The number of rotatable bonds is 3. The second kappa shape index (κ2) is 30.0. The third-order valence-electron chi connectivity index (χ3n) is 8.62. The molecule has 1 radical (unpaired) electrons. The molecule has 0 saturated heterocycles. The quantitative estimate of drug-likeness (QED) is 0.205. The molecule has 0 aromatic heterocycles. The summed E-state index contributed by atoms with van der Waals surface area (Å²) in [5.41, 5.74) is 1.16. The number of carbonyl (C=O) groups excluding carboxylic acids is 9. The molecule has 1 aliphatic rings. The van der Waals surface area contributed by atoms with Crippen LogP contribution in [0.4, 0.5) is 0 Å². The van der Waals surface area contributed by atoms with Gasteiger partial charge < -0.3 is 61.0 Å². The Morgan fingerprint density at radius 1 is 0.508 bits per heavy atom. The maximum Gasteiger partial charge on any atom is 3.00 e. The van der Waals surface area contributed by atoms with Crippen molar-refractivity contribution in [1.82, 2.24) is 31.1 Å². The minimum absolute atomic E-state index is 0. The van der Waals surface area contributed by atoms with Crippen LogP contribution in [0.2, 0.25) is 0 Å². The summed E-state index contributed by atoms with van der Waals surface area (Å²) in [7, 11) is 0. The van der Waals surface area contributed by atoms with Crippen LogP contribution in [-0.2, 0) is 74.4 Å². The molecule has 341 valence electrons. The van der Waals surface area contributed by atoms with E-state index in [1.807, 2.05) is 0 Å². The van der Waals surface area contributed by atoms with E-state index in [1.165, 1.54) is 41.5 Å². The summed E-state index contributed by atoms with van der Waals surface area (Å²) in [5.74, 6) is -6.86. The molecule has 0 bridgehead atoms. The van der Waals surface area contributed by atoms with Crippen LogP contribution in [-0.4, -0.2) is 126 Å². The number of nitrogens with zero attached hydrogens (tertiary/aromatic N) is 3. The molecular formula is C39H57FeN6O15. The second-order valence-electron chi connectivity index (χ2n) is 14.2. The molecule has 0 aromatic rings. The fraction of sp³-hybridized carbons (Fsp3) is 0.615. The molecule has 0 fully saturated rings. The van der Waals surface area contributed by atoms with Crippen molar-refractivity contribution in [1.29, 1.82) is 0 Å². The van der Waals surface area contributed by atoms with Crippen LogP contribution in [0.15, 0.2) is 34.9 Å². The number of hydrogen-bond acceptors (Lipinski definition) is 15. The van der Waals surface area contributed by atoms with E-state index < -0.39 is 71.5 Å². The van der Waals surface area contributed by atoms with Crippen molar-refractivity contribution in [2.24, 2.45) is 0 Å². The molecule has 0 aromatic carbocycles. The monoisotopic (exact) mass is 905 g/mol. The van der Waals surface area contributed by atoms with Crippen LogP contribution in [0.5, 0.6) is 0 Å². The van der Waals surface area contributed by atoms with E-state index in [-0.39, 0.29) is 130 Å². The van der Waals surface area contributed by atoms with Crippen LogP contribution >= 0.6 is 0 Å². The average molecular weight is 906 g/mol. The fourth-order valence-corrected chi connectivity index (χ4v) is 5.44. The smallest absolute Gasteiger partial charge is 0.756 e. The molecule has 1 aliphatic heterocycles. The van der Waals surface area contributed by atoms with Crippen LogP contribution in [0.25, 0.3) is 0 Å². The van der Waals surface area contributed by atoms with Crippen LogP contribution in [0.3, 0.4) is 0 Å². The molecule has 1 heterocycles. The fourth-order valence-electron chi connectivity index (χ4n) is 5.44. The Hall–Kier alpha value is -5.15. The largest absolute Gasteiger partial charge is 3.00 e. The Balaban J connectivity index is 0.0000360. The Morgan fingerprint density at radius 3 is 0.951 bits per heavy atom. The molecule has 21 nitrogen and oxygen atoms in total. The van der Waals surface area contributed by atoms with E-state index in [4.69, 9.17) is 14.2 Å². The summed E-state index contributed by atoms with van der Waals surface area (Å²) >= 11 is 0. The van der Waals surface area contributed by atoms with Gasteiger partial charge in [-0.3, -0.25) is 28.8 Å². The number of hydrogen-bond donors (Lipinski definition) is 3. The normalized spacial score (nSPS) is 24.4. The van der Waals surface area contributed by atoms with Gasteiger partial charge in [0, 0.05) is 77.9 Å². The first-order chi connectivity index (χ1) is 28.2. The Bertz CT molecular complexity index is 1450. The van der Waals surface area contributed by atoms with Crippen LogP contribution in [0, 0.1) is 15.6 Å². The van der Waals surface area contributed by atoms with Gasteiger partial charge in [0.15, 0.2) is 0 Å². The number of carbonyl (C=O) groups is 9. The molecule has 61 heavy (non-hydrogen) atoms. The predicted molar refractivity (Wildman–Crippen MR) is 214 cm³/mol. The van der Waals surface area contributed by atoms with Gasteiger partial charge in [-0.15, -0.1) is 0 Å². The van der Waals surface area contributed by atoms with E-state index in [1.54, 1.807) is 0 Å². The standard InChI is InChI=1S/C39H57N6O15.Fe/c1-25-13-19-58-37(52)31(40-28(4)46)11-8-17-44(56)35(50)23-27(3)15-21-60-39(54)33(42-30(6)48)12-9-18-45(57)36(51)24-26(2)14-20-59-38(53)32(41-29(5)47)10-7-16-43(55)34(49)22-25;/h22-24,31-33H,7-21H2,1-6H3,(H,40,46)(H,41,47)(H,42,48);/q-3;+3/b25-22+,26-24+,27-23+;. The molecule has 3 N–H and O–H groups in total. The van der Waals surface area contributed by atoms with Crippen LogP contribution < -0.4 is 16.0 Å². The van der Waals surface area contributed by atoms with E-state index >= 15 is 0 Å². The van der Waals surface area contributed by atoms with Gasteiger partial charge in [0.25, 0.3) is 0 Å². The number of nitrogens with one attached hydrogen (secondary N) is 3. The first-order valence-corrected chi connectivity index (χ1v) is 19.5. The SMILES string of the molecule is CC(=O)NC1CCCN([O-])C(=O)/C=C(\C)CCOC(=O)C(NC(C)=O)CCCN([O-])C(=O)/C=C(\C)CCOC(=O)C(NC(C)=O)CCCN([O-])C(=O)/C=C(\C)CCOC1=O.[Fe+3]. The van der Waals surface area contributed by atoms with Crippen molar-refractivity contribution in [3.05, 3.63) is 50.6 Å². The molecule has 6 amide bonds. The van der Waals surface area contributed by atoms with Gasteiger partial charge in [-0.25, -0.2) is 14.4 Å². The van der Waals surface area contributed by atoms with E-state index in [9.17, 15) is 58.8 Å². The average Bonchev–Trinajstić information content (AvgIpc) is 3.15. The van der Waals surface area contributed by atoms with E-state index in [0.717, 1.165) is 18.2 Å². The number of ether oxygens (including phenoxy) is 3. The zero-order valence-electron chi connectivity index (χ0n) is 35.4. The Kier molecular flexibility index (Phi) is 27.4. The number of amides is 6. The van der Waals surface area contributed by atoms with Crippen LogP contribution in [0.1, 0.15) is 99.3 Å². The van der Waals surface area contributed by atoms with Crippen molar-refractivity contribution >= 4 is 53.4 Å². The third kappa shape index (κ3) is 24.6. The molecule has 1 rings (SSSR count). The summed E-state index contributed by atoms with van der Waals surface area (Å²) in [6, 6.07) is -3.46. The zero-order chi connectivity index (χ0) is 45.4. The molecule has 0 aliphatic carbocycles. The van der Waals surface area contributed by atoms with E-state index in [0.29, 0.717) is 16.7 Å². The van der Waals surface area contributed by atoms with Crippen molar-refractivity contribution in [3.63, 3.8) is 0 Å². The van der Waals surface area contributed by atoms with Gasteiger partial charge in [0.1, 0.15) is 18.1 Å². The first-order valence-electron chi connectivity index (χ1n) is 19.5. The van der Waals surface area contributed by atoms with Crippen molar-refractivity contribution in [2.75, 3.05) is 39.5 Å². The Morgan fingerprint density at radius 2 is 0.738 bits per heavy atom. The maximum atomic E-state index is 12.8. The van der Waals surface area contributed by atoms with Gasteiger partial charge in [-0.2, -0.15) is 0 Å². The second-order valence-corrected chi connectivity index (χ2v) is 14.2. The Labute approximate surface area is 365 Å². The zero-order valence-corrected chi connectivity index (χ0v) is 36.5. The van der Waals surface area contributed by atoms with E-state index in [2.05, 4.69) is 16.0 Å². The molecule has 22 heteroatoms. The maximum absolute atomic E-state index is 12.8. The molecule has 3 unspecified atom stereocenters. The van der Waals surface area contributed by atoms with Crippen molar-refractivity contribution in [3.8, 4) is 0 Å². The predicted octanol–water partition coefficient (Wildman–Crippen LogP) is 1.47. The molecule has 0 saturated carbocycles. The summed E-state index contributed by atoms with van der Waals surface area (Å²) < 4.78 is 15.8. The topological polar surface area (TPSA) is 296 Å². The summed E-state index contributed by atoms with van der Waals surface area (Å²) in [6.45, 7) is 6.46. The van der Waals surface area contributed by atoms with Gasteiger partial charge in [0.05, 0.1) is 19.8 Å². The molecular weight excluding hydrogens is 848 g/mol. The molecule has 3 atom stereocenters. The number of esters is 3. The van der Waals surface area contributed by atoms with Gasteiger partial charge in [-0.05, 0) is 59.3 Å². The minimum Gasteiger partial charge on any atom is -0.756 e. The summed E-state index contributed by atoms with van der Waals surface area (Å²) in [5, 5.41) is 45.2. The van der Waals surface area contributed by atoms with Gasteiger partial charge in [0.2, 0.25) is 35.4 Å². The van der Waals surface area contributed by atoms with Crippen molar-refractivity contribution in [2.45, 2.75) is 117 Å². The summed E-state index contributed by atoms with van der Waals surface area (Å²) in [4.78, 5) is 111. The minimum atomic E-state index is -1.15. The van der Waals surface area contributed by atoms with Gasteiger partial charge >= 0.3 is 35.0 Å². The first kappa shape index (κ1) is 55.8. The van der Waals surface area contributed by atoms with Crippen molar-refractivity contribution < 1.29 is 74.4 Å². The number of hydroxylamine groups is 6.